The smallest absolute Gasteiger partial charge is 0.202 e. The number of methoxy groups -OCH3 is 3. The average Bonchev–Trinajstić information content (AvgIpc) is 2.80. The standard InChI is InChI=1S/C25H20O6/c1-29-19-12-8-14(13-18(19)26)7-9-15-10-11-17-22(25(15)31-3)24(28)21-16(23(17)27)5-4-6-20(21)30-2/h4-13,26H,1-3H3/b9-7+. The number of rotatable bonds is 5. The zero-order valence-electron chi connectivity index (χ0n) is 17.3. The van der Waals surface area contributed by atoms with Crippen molar-refractivity contribution in [1.82, 2.24) is 0 Å². The van der Waals surface area contributed by atoms with Gasteiger partial charge in [0.25, 0.3) is 0 Å². The minimum Gasteiger partial charge on any atom is -0.504 e. The minimum atomic E-state index is -0.323. The monoisotopic (exact) mass is 416 g/mol. The van der Waals surface area contributed by atoms with Crippen molar-refractivity contribution in [3.63, 3.8) is 0 Å². The Kier molecular flexibility index (Phi) is 5.21. The fourth-order valence-corrected chi connectivity index (χ4v) is 3.76. The highest BCUT2D eigenvalue weighted by molar-refractivity contribution is 6.30. The number of fused-ring (bicyclic) bond motifs is 2. The first kappa shape index (κ1) is 20.2. The molecule has 0 radical (unpaired) electrons. The van der Waals surface area contributed by atoms with Gasteiger partial charge in [-0.15, -0.1) is 0 Å². The van der Waals surface area contributed by atoms with Gasteiger partial charge in [0, 0.05) is 16.7 Å². The molecule has 1 aliphatic carbocycles. The van der Waals surface area contributed by atoms with E-state index in [-0.39, 0.29) is 28.4 Å². The Morgan fingerprint density at radius 3 is 2.16 bits per heavy atom. The highest BCUT2D eigenvalue weighted by Gasteiger charge is 2.35. The summed E-state index contributed by atoms with van der Waals surface area (Å²) >= 11 is 0. The Balaban J connectivity index is 1.81. The molecule has 0 unspecified atom stereocenters. The maximum absolute atomic E-state index is 13.4. The topological polar surface area (TPSA) is 82.1 Å². The normalized spacial score (nSPS) is 12.5. The molecule has 0 heterocycles. The van der Waals surface area contributed by atoms with Gasteiger partial charge in [-0.25, -0.2) is 0 Å². The van der Waals surface area contributed by atoms with Crippen LogP contribution < -0.4 is 14.2 Å². The molecule has 1 aliphatic rings. The Morgan fingerprint density at radius 2 is 1.48 bits per heavy atom. The van der Waals surface area contributed by atoms with Crippen LogP contribution in [0.4, 0.5) is 0 Å². The van der Waals surface area contributed by atoms with E-state index in [1.54, 1.807) is 60.7 Å². The second-order valence-electron chi connectivity index (χ2n) is 6.92. The van der Waals surface area contributed by atoms with Gasteiger partial charge in [-0.1, -0.05) is 36.4 Å². The van der Waals surface area contributed by atoms with Crippen LogP contribution in [-0.4, -0.2) is 38.0 Å². The van der Waals surface area contributed by atoms with Gasteiger partial charge in [0.2, 0.25) is 5.78 Å². The first-order valence-electron chi connectivity index (χ1n) is 9.52. The quantitative estimate of drug-likeness (QED) is 0.487. The van der Waals surface area contributed by atoms with Crippen molar-refractivity contribution in [1.29, 1.82) is 0 Å². The van der Waals surface area contributed by atoms with Crippen LogP contribution in [0.5, 0.6) is 23.0 Å². The molecular formula is C25H20O6. The lowest BCUT2D eigenvalue weighted by Crippen LogP contribution is -2.22. The molecule has 31 heavy (non-hydrogen) atoms. The molecule has 1 N–H and O–H groups in total. The van der Waals surface area contributed by atoms with E-state index in [0.717, 1.165) is 5.56 Å². The number of ether oxygens (including phenoxy) is 3. The summed E-state index contributed by atoms with van der Waals surface area (Å²) in [7, 11) is 4.40. The van der Waals surface area contributed by atoms with E-state index in [0.29, 0.717) is 33.9 Å². The van der Waals surface area contributed by atoms with Crippen LogP contribution in [0.1, 0.15) is 43.0 Å². The molecule has 3 aromatic carbocycles. The molecule has 0 bridgehead atoms. The van der Waals surface area contributed by atoms with Gasteiger partial charge in [-0.3, -0.25) is 9.59 Å². The molecule has 6 nitrogen and oxygen atoms in total. The molecule has 0 fully saturated rings. The second-order valence-corrected chi connectivity index (χ2v) is 6.92. The largest absolute Gasteiger partial charge is 0.504 e. The third kappa shape index (κ3) is 3.32. The van der Waals surface area contributed by atoms with Crippen molar-refractivity contribution in [2.75, 3.05) is 21.3 Å². The lowest BCUT2D eigenvalue weighted by molar-refractivity contribution is 0.0974. The van der Waals surface area contributed by atoms with Crippen LogP contribution in [0.3, 0.4) is 0 Å². The fraction of sp³-hybridized carbons (Fsp3) is 0.120. The second kappa shape index (κ2) is 7.99. The molecule has 0 amide bonds. The molecule has 6 heteroatoms. The molecule has 0 spiro atoms. The molecule has 0 saturated carbocycles. The number of phenolic OH excluding ortho intramolecular Hbond substituents is 1. The third-order valence-corrected chi connectivity index (χ3v) is 5.24. The lowest BCUT2D eigenvalue weighted by atomic mass is 9.82. The lowest BCUT2D eigenvalue weighted by Gasteiger charge is -2.22. The summed E-state index contributed by atoms with van der Waals surface area (Å²) in [5.74, 6) is 0.472. The Hall–Kier alpha value is -4.06. The molecule has 156 valence electrons. The number of ketones is 2. The minimum absolute atomic E-state index is 0.0199. The predicted molar refractivity (Wildman–Crippen MR) is 116 cm³/mol. The van der Waals surface area contributed by atoms with Gasteiger partial charge in [0.05, 0.1) is 32.5 Å². The number of aromatic hydroxyl groups is 1. The van der Waals surface area contributed by atoms with E-state index in [1.165, 1.54) is 21.3 Å². The molecule has 0 atom stereocenters. The summed E-state index contributed by atoms with van der Waals surface area (Å²) in [5.41, 5.74) is 2.41. The van der Waals surface area contributed by atoms with Crippen molar-refractivity contribution in [3.05, 3.63) is 81.9 Å². The number of phenols is 1. The number of carbonyl (C=O) groups excluding carboxylic acids is 2. The van der Waals surface area contributed by atoms with Crippen LogP contribution >= 0.6 is 0 Å². The highest BCUT2D eigenvalue weighted by Crippen LogP contribution is 2.39. The number of carbonyl (C=O) groups is 2. The third-order valence-electron chi connectivity index (χ3n) is 5.24. The van der Waals surface area contributed by atoms with Crippen LogP contribution in [0.15, 0.2) is 48.5 Å². The van der Waals surface area contributed by atoms with Gasteiger partial charge in [0.1, 0.15) is 11.5 Å². The summed E-state index contributed by atoms with van der Waals surface area (Å²) in [4.78, 5) is 26.4. The van der Waals surface area contributed by atoms with Crippen LogP contribution in [-0.2, 0) is 0 Å². The van der Waals surface area contributed by atoms with Gasteiger partial charge >= 0.3 is 0 Å². The Labute approximate surface area is 179 Å². The zero-order chi connectivity index (χ0) is 22.1. The molecule has 0 saturated heterocycles. The maximum atomic E-state index is 13.4. The van der Waals surface area contributed by atoms with Crippen molar-refractivity contribution in [3.8, 4) is 23.0 Å². The number of hydrogen-bond acceptors (Lipinski definition) is 6. The fourth-order valence-electron chi connectivity index (χ4n) is 3.76. The number of benzene rings is 3. The Bertz CT molecular complexity index is 1240. The van der Waals surface area contributed by atoms with Gasteiger partial charge in [-0.05, 0) is 29.8 Å². The molecular weight excluding hydrogens is 396 g/mol. The molecule has 3 aromatic rings. The van der Waals surface area contributed by atoms with Gasteiger partial charge < -0.3 is 19.3 Å². The highest BCUT2D eigenvalue weighted by atomic mass is 16.5. The van der Waals surface area contributed by atoms with E-state index >= 15 is 0 Å². The van der Waals surface area contributed by atoms with Gasteiger partial charge in [0.15, 0.2) is 17.3 Å². The summed E-state index contributed by atoms with van der Waals surface area (Å²) in [6.07, 6.45) is 3.53. The number of hydrogen-bond donors (Lipinski definition) is 1. The van der Waals surface area contributed by atoms with Crippen molar-refractivity contribution in [2.24, 2.45) is 0 Å². The predicted octanol–water partition coefficient (Wildman–Crippen LogP) is 4.36. The van der Waals surface area contributed by atoms with E-state index in [2.05, 4.69) is 0 Å². The molecule has 0 aromatic heterocycles. The van der Waals surface area contributed by atoms with E-state index < -0.39 is 0 Å². The summed E-state index contributed by atoms with van der Waals surface area (Å²) in [5, 5.41) is 9.98. The first-order valence-corrected chi connectivity index (χ1v) is 9.52. The van der Waals surface area contributed by atoms with E-state index in [4.69, 9.17) is 14.2 Å². The van der Waals surface area contributed by atoms with Crippen LogP contribution in [0.2, 0.25) is 0 Å². The summed E-state index contributed by atoms with van der Waals surface area (Å²) in [6, 6.07) is 13.3. The van der Waals surface area contributed by atoms with E-state index in [9.17, 15) is 14.7 Å². The van der Waals surface area contributed by atoms with Gasteiger partial charge in [-0.2, -0.15) is 0 Å². The summed E-state index contributed by atoms with van der Waals surface area (Å²) < 4.78 is 15.9. The van der Waals surface area contributed by atoms with Crippen LogP contribution in [0, 0.1) is 0 Å². The molecule has 0 aliphatic heterocycles. The first-order chi connectivity index (χ1) is 15.0. The van der Waals surface area contributed by atoms with Crippen molar-refractivity contribution < 1.29 is 28.9 Å². The maximum Gasteiger partial charge on any atom is 0.202 e. The SMILES string of the molecule is COc1ccc(/C=C/c2ccc3c(c2OC)C(=O)c2c(OC)cccc2C3=O)cc1O. The van der Waals surface area contributed by atoms with Crippen molar-refractivity contribution >= 4 is 23.7 Å². The zero-order valence-corrected chi connectivity index (χ0v) is 17.3. The van der Waals surface area contributed by atoms with Crippen molar-refractivity contribution in [2.45, 2.75) is 0 Å². The summed E-state index contributed by atoms with van der Waals surface area (Å²) in [6.45, 7) is 0. The molecule has 4 rings (SSSR count). The van der Waals surface area contributed by atoms with Crippen LogP contribution in [0.25, 0.3) is 12.2 Å². The van der Waals surface area contributed by atoms with E-state index in [1.807, 2.05) is 0 Å². The average molecular weight is 416 g/mol. The Morgan fingerprint density at radius 1 is 0.742 bits per heavy atom.